The van der Waals surface area contributed by atoms with Crippen LogP contribution in [0.5, 0.6) is 0 Å². The molecular weight excluding hydrogens is 200 g/mol. The molecule has 0 bridgehead atoms. The van der Waals surface area contributed by atoms with E-state index in [4.69, 9.17) is 4.74 Å². The highest BCUT2D eigenvalue weighted by atomic mass is 16.6. The molecule has 0 aliphatic heterocycles. The lowest BCUT2D eigenvalue weighted by atomic mass is 9.90. The van der Waals surface area contributed by atoms with E-state index < -0.39 is 11.0 Å². The van der Waals surface area contributed by atoms with Gasteiger partial charge >= 0.3 is 5.97 Å². The lowest BCUT2D eigenvalue weighted by molar-refractivity contribution is -0.164. The zero-order valence-corrected chi connectivity index (χ0v) is 10.9. The second kappa shape index (κ2) is 4.91. The van der Waals surface area contributed by atoms with Crippen molar-refractivity contribution in [1.29, 1.82) is 0 Å². The van der Waals surface area contributed by atoms with Crippen LogP contribution in [0.15, 0.2) is 0 Å². The smallest absolute Gasteiger partial charge is 0.313 e. The molecule has 0 atom stereocenters. The fourth-order valence-electron chi connectivity index (χ4n) is 1.89. The summed E-state index contributed by atoms with van der Waals surface area (Å²) in [6, 6.07) is 0. The number of esters is 1. The molecule has 1 fully saturated rings. The van der Waals surface area contributed by atoms with Gasteiger partial charge in [-0.15, -0.1) is 5.92 Å². The van der Waals surface area contributed by atoms with Gasteiger partial charge < -0.3 is 4.74 Å². The predicted molar refractivity (Wildman–Crippen MR) is 64.8 cm³/mol. The second-order valence-electron chi connectivity index (χ2n) is 5.20. The van der Waals surface area contributed by atoms with Gasteiger partial charge in [0.1, 0.15) is 0 Å². The topological polar surface area (TPSA) is 26.3 Å². The van der Waals surface area contributed by atoms with E-state index in [0.29, 0.717) is 0 Å². The average Bonchev–Trinajstić information content (AvgIpc) is 2.67. The molecular formula is C14H22O2. The lowest BCUT2D eigenvalue weighted by Gasteiger charge is -2.29. The van der Waals surface area contributed by atoms with Gasteiger partial charge in [0.2, 0.25) is 0 Å². The molecule has 0 aromatic rings. The van der Waals surface area contributed by atoms with Crippen LogP contribution in [0.1, 0.15) is 59.8 Å². The van der Waals surface area contributed by atoms with Crippen molar-refractivity contribution in [3.63, 3.8) is 0 Å². The number of hydrogen-bond acceptors (Lipinski definition) is 2. The minimum absolute atomic E-state index is 0.111. The summed E-state index contributed by atoms with van der Waals surface area (Å²) >= 11 is 0. The summed E-state index contributed by atoms with van der Waals surface area (Å²) < 4.78 is 5.68. The SMILES string of the molecule is CC#CC1(OC(=O)C(C)(C)CC)CCCC1. The van der Waals surface area contributed by atoms with E-state index in [1.807, 2.05) is 20.8 Å². The standard InChI is InChI=1S/C14H22O2/c1-5-9-14(10-7-8-11-14)16-12(15)13(3,4)6-2/h6-8,10-11H2,1-4H3. The third-order valence-corrected chi connectivity index (χ3v) is 3.49. The number of carbonyl (C=O) groups is 1. The Hall–Kier alpha value is -0.970. The van der Waals surface area contributed by atoms with Crippen LogP contribution in [0.3, 0.4) is 0 Å². The van der Waals surface area contributed by atoms with E-state index in [1.165, 1.54) is 0 Å². The van der Waals surface area contributed by atoms with Gasteiger partial charge in [0.25, 0.3) is 0 Å². The van der Waals surface area contributed by atoms with Gasteiger partial charge in [-0.3, -0.25) is 4.79 Å². The third kappa shape index (κ3) is 2.78. The van der Waals surface area contributed by atoms with Crippen LogP contribution in [0.2, 0.25) is 0 Å². The largest absolute Gasteiger partial charge is 0.445 e. The third-order valence-electron chi connectivity index (χ3n) is 3.49. The molecule has 0 aromatic heterocycles. The Balaban J connectivity index is 2.76. The second-order valence-corrected chi connectivity index (χ2v) is 5.20. The molecule has 0 spiro atoms. The molecule has 0 N–H and O–H groups in total. The summed E-state index contributed by atoms with van der Waals surface area (Å²) in [4.78, 5) is 12.0. The number of carbonyl (C=O) groups excluding carboxylic acids is 1. The van der Waals surface area contributed by atoms with Gasteiger partial charge in [-0.25, -0.2) is 0 Å². The first-order chi connectivity index (χ1) is 7.46. The number of ether oxygens (including phenoxy) is 1. The highest BCUT2D eigenvalue weighted by molar-refractivity contribution is 5.76. The molecule has 90 valence electrons. The van der Waals surface area contributed by atoms with Gasteiger partial charge in [-0.2, -0.15) is 0 Å². The lowest BCUT2D eigenvalue weighted by Crippen LogP contribution is -2.36. The highest BCUT2D eigenvalue weighted by Gasteiger charge is 2.39. The molecule has 1 rings (SSSR count). The highest BCUT2D eigenvalue weighted by Crippen LogP contribution is 2.35. The van der Waals surface area contributed by atoms with Gasteiger partial charge in [0, 0.05) is 0 Å². The molecule has 2 heteroatoms. The van der Waals surface area contributed by atoms with Crippen molar-refractivity contribution in [3.8, 4) is 11.8 Å². The molecule has 16 heavy (non-hydrogen) atoms. The van der Waals surface area contributed by atoms with Crippen LogP contribution in [-0.4, -0.2) is 11.6 Å². The van der Waals surface area contributed by atoms with E-state index >= 15 is 0 Å². The van der Waals surface area contributed by atoms with Crippen molar-refractivity contribution in [3.05, 3.63) is 0 Å². The zero-order chi connectivity index (χ0) is 12.2. The van der Waals surface area contributed by atoms with Crippen LogP contribution in [-0.2, 0) is 9.53 Å². The summed E-state index contributed by atoms with van der Waals surface area (Å²) in [5.41, 5.74) is -0.886. The summed E-state index contributed by atoms with van der Waals surface area (Å²) in [6.07, 6.45) is 4.78. The molecule has 0 radical (unpaired) electrons. The number of rotatable bonds is 3. The van der Waals surface area contributed by atoms with Crippen molar-refractivity contribution in [1.82, 2.24) is 0 Å². The Labute approximate surface area is 98.8 Å². The molecule has 0 saturated heterocycles. The van der Waals surface area contributed by atoms with Crippen LogP contribution in [0.25, 0.3) is 0 Å². The van der Waals surface area contributed by atoms with Crippen molar-refractivity contribution >= 4 is 5.97 Å². The minimum Gasteiger partial charge on any atom is -0.445 e. The normalized spacial score (nSPS) is 18.8. The van der Waals surface area contributed by atoms with Crippen molar-refractivity contribution in [2.45, 2.75) is 65.4 Å². The molecule has 0 aromatic carbocycles. The maximum Gasteiger partial charge on any atom is 0.313 e. The van der Waals surface area contributed by atoms with Gasteiger partial charge in [-0.05, 0) is 52.9 Å². The Morgan fingerprint density at radius 1 is 1.38 bits per heavy atom. The Morgan fingerprint density at radius 3 is 2.38 bits per heavy atom. The Morgan fingerprint density at radius 2 is 1.94 bits per heavy atom. The molecule has 2 nitrogen and oxygen atoms in total. The van der Waals surface area contributed by atoms with E-state index in [-0.39, 0.29) is 5.97 Å². The first-order valence-electron chi connectivity index (χ1n) is 6.13. The molecule has 0 unspecified atom stereocenters. The van der Waals surface area contributed by atoms with Crippen LogP contribution < -0.4 is 0 Å². The fourth-order valence-corrected chi connectivity index (χ4v) is 1.89. The van der Waals surface area contributed by atoms with Crippen LogP contribution in [0.4, 0.5) is 0 Å². The maximum absolute atomic E-state index is 12.0. The quantitative estimate of drug-likeness (QED) is 0.541. The first-order valence-corrected chi connectivity index (χ1v) is 6.13. The van der Waals surface area contributed by atoms with Gasteiger partial charge in [0.05, 0.1) is 5.41 Å². The van der Waals surface area contributed by atoms with Gasteiger partial charge in [-0.1, -0.05) is 12.8 Å². The molecule has 0 heterocycles. The summed E-state index contributed by atoms with van der Waals surface area (Å²) in [5.74, 6) is 5.88. The summed E-state index contributed by atoms with van der Waals surface area (Å²) in [6.45, 7) is 7.67. The summed E-state index contributed by atoms with van der Waals surface area (Å²) in [5, 5.41) is 0. The van der Waals surface area contributed by atoms with E-state index in [9.17, 15) is 4.79 Å². The fraction of sp³-hybridized carbons (Fsp3) is 0.786. The van der Waals surface area contributed by atoms with E-state index in [1.54, 1.807) is 6.92 Å². The number of hydrogen-bond donors (Lipinski definition) is 0. The summed E-state index contributed by atoms with van der Waals surface area (Å²) in [7, 11) is 0. The molecule has 1 aliphatic carbocycles. The van der Waals surface area contributed by atoms with Crippen LogP contribution in [0, 0.1) is 17.3 Å². The molecule has 1 saturated carbocycles. The van der Waals surface area contributed by atoms with Crippen molar-refractivity contribution in [2.75, 3.05) is 0 Å². The first kappa shape index (κ1) is 13.1. The zero-order valence-electron chi connectivity index (χ0n) is 10.9. The molecule has 0 amide bonds. The van der Waals surface area contributed by atoms with E-state index in [0.717, 1.165) is 32.1 Å². The monoisotopic (exact) mass is 222 g/mol. The predicted octanol–water partition coefficient (Wildman–Crippen LogP) is 3.30. The van der Waals surface area contributed by atoms with Crippen LogP contribution >= 0.6 is 0 Å². The van der Waals surface area contributed by atoms with Gasteiger partial charge in [0.15, 0.2) is 5.60 Å². The van der Waals surface area contributed by atoms with E-state index in [2.05, 4.69) is 11.8 Å². The Bertz CT molecular complexity index is 311. The van der Waals surface area contributed by atoms with Crippen molar-refractivity contribution in [2.24, 2.45) is 5.41 Å². The maximum atomic E-state index is 12.0. The minimum atomic E-state index is -0.488. The van der Waals surface area contributed by atoms with Crippen molar-refractivity contribution < 1.29 is 9.53 Å². The average molecular weight is 222 g/mol. The molecule has 1 aliphatic rings. The Kier molecular flexibility index (Phi) is 4.02.